The third-order valence-electron chi connectivity index (χ3n) is 10.7. The molecule has 0 spiro atoms. The summed E-state index contributed by atoms with van der Waals surface area (Å²) < 4.78 is 35.0. The van der Waals surface area contributed by atoms with Gasteiger partial charge in [-0.25, -0.2) is 15.4 Å². The number of anilines is 2. The zero-order valence-electron chi connectivity index (χ0n) is 26.5. The van der Waals surface area contributed by atoms with Gasteiger partial charge in [0, 0.05) is 49.4 Å². The van der Waals surface area contributed by atoms with Crippen LogP contribution < -0.4 is 14.5 Å². The van der Waals surface area contributed by atoms with E-state index in [0.717, 1.165) is 47.6 Å². The quantitative estimate of drug-likeness (QED) is 0.239. The standard InChI is InChI=1S/C35H38ClF2N7O2/c1-22(37)33(46)45-16-15-44(19-25(45)17-39-2)32-26-11-14-43(29-6-4-5-24-7-8-27(38)31(36)30(24)29)20-28(26)40-34(41-32)47-21-35-12-9-23(10-13-35)18-42(35)3/h4-8,23,25H,1,9-21H2,3H3/t23?,25-,35?/m0/s1. The van der Waals surface area contributed by atoms with Crippen molar-refractivity contribution in [1.29, 1.82) is 0 Å². The minimum Gasteiger partial charge on any atom is -0.461 e. The van der Waals surface area contributed by atoms with E-state index in [1.54, 1.807) is 6.07 Å². The van der Waals surface area contributed by atoms with Crippen LogP contribution in [0.3, 0.4) is 0 Å². The molecule has 8 rings (SSSR count). The minimum atomic E-state index is -1.03. The molecular formula is C35H38ClF2N7O2. The molecule has 1 aliphatic carbocycles. The van der Waals surface area contributed by atoms with Crippen LogP contribution in [0.1, 0.15) is 36.9 Å². The summed E-state index contributed by atoms with van der Waals surface area (Å²) in [6, 6.07) is 8.71. The second-order valence-electron chi connectivity index (χ2n) is 13.3. The molecule has 12 heteroatoms. The van der Waals surface area contributed by atoms with E-state index in [4.69, 9.17) is 32.9 Å². The van der Waals surface area contributed by atoms with Crippen LogP contribution in [-0.4, -0.2) is 90.2 Å². The van der Waals surface area contributed by atoms with Gasteiger partial charge in [-0.15, -0.1) is 0 Å². The number of hydrogen-bond donors (Lipinski definition) is 0. The molecule has 1 atom stereocenters. The smallest absolute Gasteiger partial charge is 0.318 e. The Hall–Kier alpha value is -4.01. The number of likely N-dealkylation sites (N-methyl/N-ethyl adjacent to an activating group) is 1. The van der Waals surface area contributed by atoms with Gasteiger partial charge in [-0.1, -0.05) is 36.4 Å². The molecular weight excluding hydrogens is 624 g/mol. The number of carbonyl (C=O) groups is 1. The summed E-state index contributed by atoms with van der Waals surface area (Å²) in [7, 11) is 2.17. The largest absolute Gasteiger partial charge is 0.461 e. The molecule has 2 bridgehead atoms. The Kier molecular flexibility index (Phi) is 8.43. The van der Waals surface area contributed by atoms with Crippen molar-refractivity contribution in [3.8, 4) is 6.01 Å². The van der Waals surface area contributed by atoms with Crippen molar-refractivity contribution in [2.75, 3.05) is 62.7 Å². The van der Waals surface area contributed by atoms with Crippen molar-refractivity contribution in [2.45, 2.75) is 50.2 Å². The van der Waals surface area contributed by atoms with Gasteiger partial charge in [0.1, 0.15) is 24.3 Å². The zero-order chi connectivity index (χ0) is 32.9. The molecule has 0 unspecified atom stereocenters. The van der Waals surface area contributed by atoms with Gasteiger partial charge in [0.2, 0.25) is 6.54 Å². The molecule has 1 aromatic heterocycles. The van der Waals surface area contributed by atoms with Gasteiger partial charge in [-0.2, -0.15) is 9.97 Å². The Balaban J connectivity index is 1.24. The van der Waals surface area contributed by atoms with Crippen molar-refractivity contribution in [2.24, 2.45) is 5.92 Å². The number of fused-ring (bicyclic) bond motifs is 5. The molecule has 3 saturated heterocycles. The predicted molar refractivity (Wildman–Crippen MR) is 178 cm³/mol. The fourth-order valence-corrected chi connectivity index (χ4v) is 8.29. The van der Waals surface area contributed by atoms with Crippen LogP contribution in [0.25, 0.3) is 15.6 Å². The van der Waals surface area contributed by atoms with Crippen LogP contribution in [0.5, 0.6) is 6.01 Å². The maximum absolute atomic E-state index is 14.6. The number of ether oxygens (including phenoxy) is 1. The first kappa shape index (κ1) is 31.6. The minimum absolute atomic E-state index is 0.0359. The van der Waals surface area contributed by atoms with Crippen molar-refractivity contribution in [3.63, 3.8) is 0 Å². The number of amides is 1. The average Bonchev–Trinajstić information content (AvgIpc) is 3.08. The van der Waals surface area contributed by atoms with Gasteiger partial charge in [0.25, 0.3) is 5.91 Å². The summed E-state index contributed by atoms with van der Waals surface area (Å²) in [6.45, 7) is 14.3. The highest BCUT2D eigenvalue weighted by molar-refractivity contribution is 6.36. The fourth-order valence-electron chi connectivity index (χ4n) is 8.02. The third-order valence-corrected chi connectivity index (χ3v) is 11.1. The first-order chi connectivity index (χ1) is 22.7. The van der Waals surface area contributed by atoms with Crippen LogP contribution >= 0.6 is 11.6 Å². The molecule has 1 saturated carbocycles. The fraction of sp³-hybridized carbons (Fsp3) is 0.486. The lowest BCUT2D eigenvalue weighted by Gasteiger charge is -2.52. The van der Waals surface area contributed by atoms with E-state index in [0.29, 0.717) is 50.4 Å². The summed E-state index contributed by atoms with van der Waals surface area (Å²) >= 11 is 6.52. The molecule has 4 fully saturated rings. The van der Waals surface area contributed by atoms with Crippen molar-refractivity contribution in [3.05, 3.63) is 76.3 Å². The summed E-state index contributed by atoms with van der Waals surface area (Å²) in [5.74, 6) is -0.810. The highest BCUT2D eigenvalue weighted by Crippen LogP contribution is 2.43. The topological polar surface area (TPSA) is 69.4 Å². The van der Waals surface area contributed by atoms with E-state index in [1.807, 2.05) is 18.2 Å². The zero-order valence-corrected chi connectivity index (χ0v) is 27.3. The van der Waals surface area contributed by atoms with Gasteiger partial charge in [0.15, 0.2) is 5.83 Å². The van der Waals surface area contributed by atoms with E-state index in [9.17, 15) is 13.6 Å². The molecule has 3 aromatic rings. The maximum atomic E-state index is 14.6. The molecule has 0 radical (unpaired) electrons. The predicted octanol–water partition coefficient (Wildman–Crippen LogP) is 5.66. The Morgan fingerprint density at radius 3 is 2.70 bits per heavy atom. The monoisotopic (exact) mass is 661 g/mol. The lowest BCUT2D eigenvalue weighted by molar-refractivity contribution is -0.131. The van der Waals surface area contributed by atoms with Crippen molar-refractivity contribution >= 4 is 39.8 Å². The lowest BCUT2D eigenvalue weighted by atomic mass is 9.71. The van der Waals surface area contributed by atoms with Crippen LogP contribution in [0.2, 0.25) is 5.02 Å². The maximum Gasteiger partial charge on any atom is 0.318 e. The number of rotatable bonds is 7. The van der Waals surface area contributed by atoms with E-state index in [1.165, 1.54) is 23.8 Å². The van der Waals surface area contributed by atoms with Crippen LogP contribution in [-0.2, 0) is 17.8 Å². The number of carbonyl (C=O) groups excluding carboxylic acids is 1. The second-order valence-corrected chi connectivity index (χ2v) is 13.7. The highest BCUT2D eigenvalue weighted by Gasteiger charge is 2.45. The van der Waals surface area contributed by atoms with E-state index >= 15 is 0 Å². The molecule has 5 heterocycles. The average molecular weight is 662 g/mol. The van der Waals surface area contributed by atoms with Gasteiger partial charge >= 0.3 is 6.01 Å². The van der Waals surface area contributed by atoms with Crippen LogP contribution in [0.4, 0.5) is 20.3 Å². The molecule has 47 heavy (non-hydrogen) atoms. The molecule has 9 nitrogen and oxygen atoms in total. The van der Waals surface area contributed by atoms with Crippen LogP contribution in [0.15, 0.2) is 42.7 Å². The summed E-state index contributed by atoms with van der Waals surface area (Å²) in [4.78, 5) is 34.2. The normalized spacial score (nSPS) is 24.3. The second kappa shape index (κ2) is 12.5. The Morgan fingerprint density at radius 1 is 1.15 bits per heavy atom. The number of halogens is 3. The van der Waals surface area contributed by atoms with Gasteiger partial charge < -0.3 is 24.3 Å². The van der Waals surface area contributed by atoms with Crippen molar-refractivity contribution in [1.82, 2.24) is 19.8 Å². The molecule has 0 N–H and O–H groups in total. The molecule has 5 aliphatic rings. The summed E-state index contributed by atoms with van der Waals surface area (Å²) in [6.07, 6.45) is 5.16. The number of nitrogens with zero attached hydrogens (tertiary/aromatic N) is 7. The Labute approximate surface area is 278 Å². The van der Waals surface area contributed by atoms with Gasteiger partial charge in [-0.05, 0) is 62.6 Å². The van der Waals surface area contributed by atoms with E-state index in [2.05, 4.69) is 33.2 Å². The number of aromatic nitrogens is 2. The van der Waals surface area contributed by atoms with Crippen molar-refractivity contribution < 1.29 is 18.3 Å². The third kappa shape index (κ3) is 5.76. The first-order valence-electron chi connectivity index (χ1n) is 16.3. The Morgan fingerprint density at radius 2 is 1.96 bits per heavy atom. The summed E-state index contributed by atoms with van der Waals surface area (Å²) in [5.41, 5.74) is 2.55. The van der Waals surface area contributed by atoms with Gasteiger partial charge in [0.05, 0.1) is 22.8 Å². The molecule has 246 valence electrons. The Bertz CT molecular complexity index is 1770. The molecule has 2 aromatic carbocycles. The number of piperazine rings is 1. The number of hydrogen-bond acceptors (Lipinski definition) is 7. The van der Waals surface area contributed by atoms with E-state index in [-0.39, 0.29) is 29.7 Å². The number of benzene rings is 2. The lowest BCUT2D eigenvalue weighted by Crippen LogP contribution is -2.59. The van der Waals surface area contributed by atoms with Crippen LogP contribution in [0, 0.1) is 18.3 Å². The van der Waals surface area contributed by atoms with E-state index < -0.39 is 23.6 Å². The number of piperidine rings is 2. The molecule has 1 amide bonds. The molecule has 4 aliphatic heterocycles. The van der Waals surface area contributed by atoms with Gasteiger partial charge in [-0.3, -0.25) is 9.69 Å². The summed E-state index contributed by atoms with van der Waals surface area (Å²) in [5, 5.41) is 1.61. The first-order valence-corrected chi connectivity index (χ1v) is 16.6. The SMILES string of the molecule is [C-]#[N+]C[C@H]1CN(c2nc(OCC34CCC(CC3)CN4C)nc3c2CCN(c2cccc4ccc(F)c(Cl)c24)C3)CCN1C(=O)C(=C)F. The highest BCUT2D eigenvalue weighted by atomic mass is 35.5.